The van der Waals surface area contributed by atoms with Crippen molar-refractivity contribution in [1.82, 2.24) is 4.98 Å². The Kier molecular flexibility index (Phi) is 3.62. The first-order valence-corrected chi connectivity index (χ1v) is 4.82. The number of rotatable bonds is 0. The van der Waals surface area contributed by atoms with Crippen LogP contribution >= 0.6 is 32.9 Å². The summed E-state index contributed by atoms with van der Waals surface area (Å²) < 4.78 is 0. The van der Waals surface area contributed by atoms with E-state index in [2.05, 4.69) is 20.9 Å². The Morgan fingerprint density at radius 3 is 3.08 bits per heavy atom. The van der Waals surface area contributed by atoms with Crippen LogP contribution in [0.1, 0.15) is 22.3 Å². The molecule has 1 atom stereocenters. The van der Waals surface area contributed by atoms with Gasteiger partial charge in [0.25, 0.3) is 0 Å². The predicted molar refractivity (Wildman–Crippen MR) is 59.9 cm³/mol. The normalized spacial score (nSPS) is 20.4. The van der Waals surface area contributed by atoms with E-state index in [1.165, 1.54) is 0 Å². The number of pyridine rings is 1. The Morgan fingerprint density at radius 1 is 1.54 bits per heavy atom. The van der Waals surface area contributed by atoms with E-state index >= 15 is 0 Å². The van der Waals surface area contributed by atoms with Gasteiger partial charge in [-0.05, 0) is 24.5 Å². The molecule has 1 aromatic heterocycles. The molecule has 70 valence electrons. The molecule has 0 aliphatic heterocycles. The van der Waals surface area contributed by atoms with Gasteiger partial charge < -0.3 is 0 Å². The number of halogens is 2. The third-order valence-corrected chi connectivity index (χ3v) is 2.99. The zero-order valence-corrected chi connectivity index (χ0v) is 10.2. The minimum Gasteiger partial charge on any atom is -0.293 e. The van der Waals surface area contributed by atoms with Crippen LogP contribution in [-0.2, 0) is 6.42 Å². The molecule has 13 heavy (non-hydrogen) atoms. The first-order chi connectivity index (χ1) is 5.79. The Bertz CT molecular complexity index is 327. The number of ketones is 1. The standard InChI is InChI=1S/C9H8BrNO.BrH/c10-8-2-1-6-5-11-4-3-7(6)9(8)12;/h3-5,8H,1-2H2;1H. The topological polar surface area (TPSA) is 30.0 Å². The zero-order chi connectivity index (χ0) is 8.55. The minimum absolute atomic E-state index is 0. The fraction of sp³-hybridized carbons (Fsp3) is 0.333. The number of carbonyl (C=O) groups is 1. The highest BCUT2D eigenvalue weighted by atomic mass is 79.9. The molecule has 1 unspecified atom stereocenters. The van der Waals surface area contributed by atoms with E-state index in [0.29, 0.717) is 0 Å². The maximum absolute atomic E-state index is 11.5. The molecule has 0 fully saturated rings. The third kappa shape index (κ3) is 1.99. The van der Waals surface area contributed by atoms with Gasteiger partial charge in [-0.1, -0.05) is 15.9 Å². The van der Waals surface area contributed by atoms with Crippen LogP contribution in [0.4, 0.5) is 0 Å². The molecule has 0 saturated carbocycles. The summed E-state index contributed by atoms with van der Waals surface area (Å²) in [5, 5.41) is 0. The second-order valence-electron chi connectivity index (χ2n) is 2.90. The fourth-order valence-electron chi connectivity index (χ4n) is 1.45. The minimum atomic E-state index is 0. The summed E-state index contributed by atoms with van der Waals surface area (Å²) in [5.74, 6) is 0.193. The number of nitrogens with zero attached hydrogens (tertiary/aromatic N) is 1. The van der Waals surface area contributed by atoms with Gasteiger partial charge in [0.05, 0.1) is 4.83 Å². The molecular weight excluding hydrogens is 298 g/mol. The Balaban J connectivity index is 0.000000845. The van der Waals surface area contributed by atoms with Crippen molar-refractivity contribution in [3.63, 3.8) is 0 Å². The van der Waals surface area contributed by atoms with Gasteiger partial charge in [-0.3, -0.25) is 9.78 Å². The number of Topliss-reactive ketones (excluding diaryl/α,β-unsaturated/α-hetero) is 1. The SMILES string of the molecule is Br.O=C1c2ccncc2CCC1Br. The smallest absolute Gasteiger partial charge is 0.176 e. The molecule has 1 aliphatic carbocycles. The monoisotopic (exact) mass is 305 g/mol. The summed E-state index contributed by atoms with van der Waals surface area (Å²) in [7, 11) is 0. The maximum Gasteiger partial charge on any atom is 0.176 e. The van der Waals surface area contributed by atoms with Crippen LogP contribution in [0.3, 0.4) is 0 Å². The molecule has 0 radical (unpaired) electrons. The molecule has 2 nitrogen and oxygen atoms in total. The molecule has 4 heteroatoms. The third-order valence-electron chi connectivity index (χ3n) is 2.12. The van der Waals surface area contributed by atoms with E-state index in [1.54, 1.807) is 18.5 Å². The van der Waals surface area contributed by atoms with Crippen molar-refractivity contribution < 1.29 is 4.79 Å². The van der Waals surface area contributed by atoms with Crippen molar-refractivity contribution in [1.29, 1.82) is 0 Å². The maximum atomic E-state index is 11.5. The van der Waals surface area contributed by atoms with Crippen LogP contribution in [-0.4, -0.2) is 15.6 Å². The molecule has 0 bridgehead atoms. The van der Waals surface area contributed by atoms with Crippen molar-refractivity contribution >= 4 is 38.7 Å². The van der Waals surface area contributed by atoms with Gasteiger partial charge in [0.1, 0.15) is 0 Å². The summed E-state index contributed by atoms with van der Waals surface area (Å²) in [6.07, 6.45) is 5.29. The van der Waals surface area contributed by atoms with E-state index in [0.717, 1.165) is 24.0 Å². The second kappa shape index (κ2) is 4.33. The molecule has 0 spiro atoms. The van der Waals surface area contributed by atoms with Gasteiger partial charge in [-0.2, -0.15) is 0 Å². The summed E-state index contributed by atoms with van der Waals surface area (Å²) in [5.41, 5.74) is 1.91. The van der Waals surface area contributed by atoms with E-state index in [9.17, 15) is 4.79 Å². The first-order valence-electron chi connectivity index (χ1n) is 3.90. The number of aryl methyl sites for hydroxylation is 1. The van der Waals surface area contributed by atoms with Gasteiger partial charge in [0.2, 0.25) is 0 Å². The second-order valence-corrected chi connectivity index (χ2v) is 4.01. The molecule has 1 aliphatic rings. The van der Waals surface area contributed by atoms with Crippen LogP contribution in [0.25, 0.3) is 0 Å². The number of fused-ring (bicyclic) bond motifs is 1. The largest absolute Gasteiger partial charge is 0.293 e. The highest BCUT2D eigenvalue weighted by Gasteiger charge is 2.24. The summed E-state index contributed by atoms with van der Waals surface area (Å²) in [6.45, 7) is 0. The highest BCUT2D eigenvalue weighted by Crippen LogP contribution is 2.24. The average Bonchev–Trinajstić information content (AvgIpc) is 2.12. The lowest BCUT2D eigenvalue weighted by molar-refractivity contribution is 0.0981. The van der Waals surface area contributed by atoms with Gasteiger partial charge in [0.15, 0.2) is 5.78 Å². The highest BCUT2D eigenvalue weighted by molar-refractivity contribution is 9.10. The Labute approximate surface area is 95.6 Å². The summed E-state index contributed by atoms with van der Waals surface area (Å²) >= 11 is 3.35. The van der Waals surface area contributed by atoms with Crippen LogP contribution in [0.2, 0.25) is 0 Å². The Morgan fingerprint density at radius 2 is 2.31 bits per heavy atom. The van der Waals surface area contributed by atoms with E-state index in [4.69, 9.17) is 0 Å². The molecule has 0 amide bonds. The number of aromatic nitrogens is 1. The van der Waals surface area contributed by atoms with Crippen molar-refractivity contribution in [2.45, 2.75) is 17.7 Å². The average molecular weight is 307 g/mol. The van der Waals surface area contributed by atoms with Crippen molar-refractivity contribution in [2.24, 2.45) is 0 Å². The quantitative estimate of drug-likeness (QED) is 0.690. The van der Waals surface area contributed by atoms with Gasteiger partial charge in [0, 0.05) is 18.0 Å². The predicted octanol–water partition coefficient (Wildman–Crippen LogP) is 2.55. The van der Waals surface area contributed by atoms with Crippen LogP contribution < -0.4 is 0 Å². The van der Waals surface area contributed by atoms with Crippen molar-refractivity contribution in [2.75, 3.05) is 0 Å². The van der Waals surface area contributed by atoms with Crippen LogP contribution in [0.5, 0.6) is 0 Å². The number of alkyl halides is 1. The van der Waals surface area contributed by atoms with Crippen molar-refractivity contribution in [3.8, 4) is 0 Å². The zero-order valence-electron chi connectivity index (χ0n) is 6.87. The molecular formula is C9H9Br2NO. The molecule has 0 aromatic carbocycles. The molecule has 0 saturated heterocycles. The summed E-state index contributed by atoms with van der Waals surface area (Å²) in [6, 6.07) is 1.80. The lowest BCUT2D eigenvalue weighted by atomic mass is 9.92. The summed E-state index contributed by atoms with van der Waals surface area (Å²) in [4.78, 5) is 15.5. The first kappa shape index (κ1) is 10.9. The van der Waals surface area contributed by atoms with Gasteiger partial charge in [-0.25, -0.2) is 0 Å². The van der Waals surface area contributed by atoms with E-state index in [-0.39, 0.29) is 27.6 Å². The molecule has 0 N–H and O–H groups in total. The van der Waals surface area contributed by atoms with Gasteiger partial charge in [-0.15, -0.1) is 17.0 Å². The molecule has 1 heterocycles. The number of hydrogen-bond donors (Lipinski definition) is 0. The van der Waals surface area contributed by atoms with Crippen LogP contribution in [0.15, 0.2) is 18.5 Å². The number of hydrogen-bond acceptors (Lipinski definition) is 2. The fourth-order valence-corrected chi connectivity index (χ4v) is 1.92. The van der Waals surface area contributed by atoms with E-state index in [1.807, 2.05) is 0 Å². The van der Waals surface area contributed by atoms with Crippen molar-refractivity contribution in [3.05, 3.63) is 29.6 Å². The number of carbonyl (C=O) groups excluding carboxylic acids is 1. The molecule has 2 rings (SSSR count). The van der Waals surface area contributed by atoms with Gasteiger partial charge >= 0.3 is 0 Å². The lowest BCUT2D eigenvalue weighted by Crippen LogP contribution is -2.22. The van der Waals surface area contributed by atoms with E-state index < -0.39 is 0 Å². The Hall–Kier alpha value is -0.220. The van der Waals surface area contributed by atoms with Crippen LogP contribution in [0, 0.1) is 0 Å². The molecule has 1 aromatic rings. The lowest BCUT2D eigenvalue weighted by Gasteiger charge is -2.17.